The maximum Gasteiger partial charge on any atom is 0.128 e. The summed E-state index contributed by atoms with van der Waals surface area (Å²) in [5.74, 6) is 1.13. The van der Waals surface area contributed by atoms with Crippen molar-refractivity contribution < 1.29 is 0 Å². The van der Waals surface area contributed by atoms with E-state index in [1.807, 2.05) is 12.3 Å². The van der Waals surface area contributed by atoms with Crippen molar-refractivity contribution >= 4 is 5.82 Å². The van der Waals surface area contributed by atoms with Crippen LogP contribution in [0.1, 0.15) is 52.4 Å². The van der Waals surface area contributed by atoms with Gasteiger partial charge in [0.15, 0.2) is 0 Å². The van der Waals surface area contributed by atoms with Gasteiger partial charge in [0.1, 0.15) is 5.82 Å². The number of rotatable bonds is 3. The first-order chi connectivity index (χ1) is 10.1. The van der Waals surface area contributed by atoms with E-state index in [9.17, 15) is 0 Å². The normalized spacial score (nSPS) is 26.8. The first-order valence-electron chi connectivity index (χ1n) is 8.57. The zero-order valence-electron chi connectivity index (χ0n) is 13.5. The molecule has 1 atom stereocenters. The van der Waals surface area contributed by atoms with Gasteiger partial charge in [-0.3, -0.25) is 0 Å². The Bertz CT molecular complexity index is 435. The molecule has 1 saturated heterocycles. The number of aromatic nitrogens is 1. The lowest BCUT2D eigenvalue weighted by molar-refractivity contribution is 0.149. The van der Waals surface area contributed by atoms with Gasteiger partial charge in [-0.05, 0) is 43.2 Å². The van der Waals surface area contributed by atoms with Crippen molar-refractivity contribution in [1.82, 2.24) is 10.3 Å². The summed E-state index contributed by atoms with van der Waals surface area (Å²) in [7, 11) is 0. The molecular formula is C18H29N3. The molecule has 116 valence electrons. The van der Waals surface area contributed by atoms with Gasteiger partial charge in [-0.2, -0.15) is 0 Å². The molecule has 0 bridgehead atoms. The van der Waals surface area contributed by atoms with E-state index >= 15 is 0 Å². The third kappa shape index (κ3) is 3.57. The topological polar surface area (TPSA) is 28.2 Å². The maximum absolute atomic E-state index is 4.47. The van der Waals surface area contributed by atoms with E-state index in [4.69, 9.17) is 0 Å². The number of hydrogen-bond donors (Lipinski definition) is 1. The van der Waals surface area contributed by atoms with E-state index in [1.54, 1.807) is 0 Å². The second-order valence-electron chi connectivity index (χ2n) is 7.40. The Morgan fingerprint density at radius 1 is 1.14 bits per heavy atom. The number of hydrogen-bond acceptors (Lipinski definition) is 3. The molecule has 0 aromatic carbocycles. The minimum atomic E-state index is 0.469. The minimum absolute atomic E-state index is 0.469. The largest absolute Gasteiger partial charge is 0.357 e. The van der Waals surface area contributed by atoms with Crippen molar-refractivity contribution in [3.05, 3.63) is 24.4 Å². The van der Waals surface area contributed by atoms with Gasteiger partial charge < -0.3 is 10.2 Å². The van der Waals surface area contributed by atoms with Crippen LogP contribution in [0.2, 0.25) is 0 Å². The third-order valence-corrected chi connectivity index (χ3v) is 5.41. The number of nitrogens with zero attached hydrogens (tertiary/aromatic N) is 2. The first-order valence-corrected chi connectivity index (χ1v) is 8.57. The molecular weight excluding hydrogens is 258 g/mol. The van der Waals surface area contributed by atoms with Gasteiger partial charge in [0.2, 0.25) is 0 Å². The lowest BCUT2D eigenvalue weighted by Gasteiger charge is -2.43. The Morgan fingerprint density at radius 3 is 2.62 bits per heavy atom. The van der Waals surface area contributed by atoms with Gasteiger partial charge in [0, 0.05) is 31.4 Å². The molecule has 3 rings (SSSR count). The highest BCUT2D eigenvalue weighted by molar-refractivity contribution is 5.38. The molecule has 1 aromatic rings. The van der Waals surface area contributed by atoms with E-state index in [0.29, 0.717) is 17.5 Å². The fourth-order valence-corrected chi connectivity index (χ4v) is 3.90. The maximum atomic E-state index is 4.47. The van der Waals surface area contributed by atoms with Crippen LogP contribution in [0.25, 0.3) is 0 Å². The Labute approximate surface area is 129 Å². The fourth-order valence-electron chi connectivity index (χ4n) is 3.90. The standard InChI is InChI=1S/C18H29N3/c1-18(2)11-5-3-7-16(18)20-15-9-13-21(14-10-15)17-8-4-6-12-19-17/h4,6,8,12,15-16,20H,3,5,7,9-11,13-14H2,1-2H3. The molecule has 21 heavy (non-hydrogen) atoms. The van der Waals surface area contributed by atoms with E-state index in [-0.39, 0.29) is 0 Å². The van der Waals surface area contributed by atoms with Gasteiger partial charge in [-0.15, -0.1) is 0 Å². The SMILES string of the molecule is CC1(C)CCCCC1NC1CCN(c2ccccn2)CC1. The predicted molar refractivity (Wildman–Crippen MR) is 88.6 cm³/mol. The summed E-state index contributed by atoms with van der Waals surface area (Å²) in [6.45, 7) is 7.13. The molecule has 0 radical (unpaired) electrons. The molecule has 2 aliphatic rings. The summed E-state index contributed by atoms with van der Waals surface area (Å²) in [6.07, 6.45) is 9.90. The number of pyridine rings is 1. The molecule has 2 heterocycles. The zero-order valence-corrected chi connectivity index (χ0v) is 13.5. The van der Waals surface area contributed by atoms with Crippen LogP contribution in [0.5, 0.6) is 0 Å². The summed E-state index contributed by atoms with van der Waals surface area (Å²) in [4.78, 5) is 6.89. The summed E-state index contributed by atoms with van der Waals surface area (Å²) < 4.78 is 0. The Balaban J connectivity index is 1.52. The van der Waals surface area contributed by atoms with Crippen molar-refractivity contribution in [3.8, 4) is 0 Å². The molecule has 0 amide bonds. The van der Waals surface area contributed by atoms with Crippen LogP contribution in [0.3, 0.4) is 0 Å². The van der Waals surface area contributed by atoms with Crippen LogP contribution < -0.4 is 10.2 Å². The summed E-state index contributed by atoms with van der Waals surface area (Å²) in [6, 6.07) is 7.59. The molecule has 0 spiro atoms. The number of piperidine rings is 1. The summed E-state index contributed by atoms with van der Waals surface area (Å²) >= 11 is 0. The first kappa shape index (κ1) is 14.8. The molecule has 1 N–H and O–H groups in total. The van der Waals surface area contributed by atoms with Crippen LogP contribution in [-0.4, -0.2) is 30.2 Å². The number of nitrogens with one attached hydrogen (secondary N) is 1. The Hall–Kier alpha value is -1.09. The molecule has 3 nitrogen and oxygen atoms in total. The third-order valence-electron chi connectivity index (χ3n) is 5.41. The smallest absolute Gasteiger partial charge is 0.128 e. The molecule has 1 aromatic heterocycles. The van der Waals surface area contributed by atoms with E-state index in [2.05, 4.69) is 41.2 Å². The average molecular weight is 287 g/mol. The number of anilines is 1. The van der Waals surface area contributed by atoms with Crippen LogP contribution >= 0.6 is 0 Å². The van der Waals surface area contributed by atoms with Crippen molar-refractivity contribution in [1.29, 1.82) is 0 Å². The quantitative estimate of drug-likeness (QED) is 0.920. The van der Waals surface area contributed by atoms with Gasteiger partial charge in [-0.1, -0.05) is 32.8 Å². The fraction of sp³-hybridized carbons (Fsp3) is 0.722. The van der Waals surface area contributed by atoms with Crippen molar-refractivity contribution in [2.45, 2.75) is 64.5 Å². The molecule has 1 aliphatic carbocycles. The Kier molecular flexibility index (Phi) is 4.48. The van der Waals surface area contributed by atoms with Crippen molar-refractivity contribution in [2.24, 2.45) is 5.41 Å². The van der Waals surface area contributed by atoms with Crippen LogP contribution in [0.4, 0.5) is 5.82 Å². The highest BCUT2D eigenvalue weighted by Gasteiger charge is 2.34. The highest BCUT2D eigenvalue weighted by Crippen LogP contribution is 2.36. The predicted octanol–water partition coefficient (Wildman–Crippen LogP) is 3.61. The van der Waals surface area contributed by atoms with Crippen LogP contribution in [0, 0.1) is 5.41 Å². The summed E-state index contributed by atoms with van der Waals surface area (Å²) in [5.41, 5.74) is 0.469. The molecule has 1 saturated carbocycles. The van der Waals surface area contributed by atoms with Crippen LogP contribution in [-0.2, 0) is 0 Å². The van der Waals surface area contributed by atoms with E-state index in [1.165, 1.54) is 38.5 Å². The second kappa shape index (κ2) is 6.35. The molecule has 2 fully saturated rings. The highest BCUT2D eigenvalue weighted by atomic mass is 15.2. The van der Waals surface area contributed by atoms with Crippen molar-refractivity contribution in [2.75, 3.05) is 18.0 Å². The summed E-state index contributed by atoms with van der Waals surface area (Å²) in [5, 5.41) is 3.97. The van der Waals surface area contributed by atoms with Crippen molar-refractivity contribution in [3.63, 3.8) is 0 Å². The van der Waals surface area contributed by atoms with E-state index in [0.717, 1.165) is 18.9 Å². The van der Waals surface area contributed by atoms with Gasteiger partial charge in [-0.25, -0.2) is 4.98 Å². The van der Waals surface area contributed by atoms with E-state index < -0.39 is 0 Å². The molecule has 1 aliphatic heterocycles. The van der Waals surface area contributed by atoms with Crippen LogP contribution in [0.15, 0.2) is 24.4 Å². The minimum Gasteiger partial charge on any atom is -0.357 e. The molecule has 1 unspecified atom stereocenters. The average Bonchev–Trinajstić information content (AvgIpc) is 2.51. The monoisotopic (exact) mass is 287 g/mol. The lowest BCUT2D eigenvalue weighted by atomic mass is 9.73. The van der Waals surface area contributed by atoms with Gasteiger partial charge >= 0.3 is 0 Å². The molecule has 3 heteroatoms. The van der Waals surface area contributed by atoms with Gasteiger partial charge in [0.05, 0.1) is 0 Å². The Morgan fingerprint density at radius 2 is 1.95 bits per heavy atom. The lowest BCUT2D eigenvalue weighted by Crippen LogP contribution is -2.52. The zero-order chi connectivity index (χ0) is 14.7. The second-order valence-corrected chi connectivity index (χ2v) is 7.40. The van der Waals surface area contributed by atoms with Gasteiger partial charge in [0.25, 0.3) is 0 Å².